The molecule has 0 aromatic heterocycles. The number of hydrogen-bond acceptors (Lipinski definition) is 3. The molecule has 2 atom stereocenters. The van der Waals surface area contributed by atoms with E-state index in [1.165, 1.54) is 50.8 Å². The number of benzene rings is 1. The molecule has 2 saturated heterocycles. The molecule has 4 rings (SSSR count). The van der Waals surface area contributed by atoms with Crippen LogP contribution in [0.3, 0.4) is 0 Å². The number of aryl methyl sites for hydroxylation is 1. The lowest BCUT2D eigenvalue weighted by atomic mass is 9.96. The molecule has 5 nitrogen and oxygen atoms in total. The van der Waals surface area contributed by atoms with E-state index in [2.05, 4.69) is 52.5 Å². The summed E-state index contributed by atoms with van der Waals surface area (Å²) >= 11 is 0. The molecule has 2 aliphatic heterocycles. The summed E-state index contributed by atoms with van der Waals surface area (Å²) in [6.45, 7) is 7.98. The smallest absolute Gasteiger partial charge is 0.319 e. The van der Waals surface area contributed by atoms with Crippen LogP contribution in [0.4, 0.5) is 16.2 Å². The zero-order valence-corrected chi connectivity index (χ0v) is 17.5. The number of nitrogens with zero attached hydrogens (tertiary/aromatic N) is 2. The zero-order valence-electron chi connectivity index (χ0n) is 17.5. The van der Waals surface area contributed by atoms with Crippen molar-refractivity contribution in [3.8, 4) is 0 Å². The first-order valence-electron chi connectivity index (χ1n) is 11.3. The number of hydrogen-bond donors (Lipinski definition) is 2. The monoisotopic (exact) mass is 384 g/mol. The molecule has 1 aromatic carbocycles. The van der Waals surface area contributed by atoms with Gasteiger partial charge in [0.1, 0.15) is 0 Å². The molecule has 28 heavy (non-hydrogen) atoms. The van der Waals surface area contributed by atoms with Gasteiger partial charge in [-0.3, -0.25) is 4.90 Å². The van der Waals surface area contributed by atoms with E-state index in [1.54, 1.807) is 0 Å². The van der Waals surface area contributed by atoms with Crippen LogP contribution in [-0.4, -0.2) is 48.7 Å². The van der Waals surface area contributed by atoms with Gasteiger partial charge in [0.2, 0.25) is 0 Å². The molecule has 0 bridgehead atoms. The van der Waals surface area contributed by atoms with Crippen LogP contribution < -0.4 is 15.5 Å². The zero-order chi connectivity index (χ0) is 19.5. The molecule has 1 aliphatic carbocycles. The van der Waals surface area contributed by atoms with Gasteiger partial charge in [0.05, 0.1) is 0 Å². The van der Waals surface area contributed by atoms with Crippen LogP contribution in [0.25, 0.3) is 0 Å². The topological polar surface area (TPSA) is 47.6 Å². The number of carbonyl (C=O) groups excluding carboxylic acids is 1. The van der Waals surface area contributed by atoms with Gasteiger partial charge in [-0.25, -0.2) is 4.79 Å². The first-order chi connectivity index (χ1) is 13.6. The maximum Gasteiger partial charge on any atom is 0.319 e. The van der Waals surface area contributed by atoms with Crippen molar-refractivity contribution in [1.82, 2.24) is 10.2 Å². The Balaban J connectivity index is 1.33. The maximum absolute atomic E-state index is 12.4. The molecule has 3 aliphatic rings. The van der Waals surface area contributed by atoms with Crippen molar-refractivity contribution in [2.45, 2.75) is 83.3 Å². The summed E-state index contributed by atoms with van der Waals surface area (Å²) in [7, 11) is 0. The van der Waals surface area contributed by atoms with Crippen LogP contribution in [0, 0.1) is 6.92 Å². The molecule has 2 amide bonds. The van der Waals surface area contributed by atoms with Crippen molar-refractivity contribution in [1.29, 1.82) is 0 Å². The summed E-state index contributed by atoms with van der Waals surface area (Å²) in [6, 6.07) is 8.16. The SMILES string of the molecule is Cc1cc(N2CCC(N3CCCC3C)C2)ccc1NC(=O)NC1CCCCC1. The second-order valence-electron chi connectivity index (χ2n) is 9.05. The highest BCUT2D eigenvalue weighted by Gasteiger charge is 2.33. The first kappa shape index (κ1) is 19.6. The van der Waals surface area contributed by atoms with E-state index in [9.17, 15) is 4.79 Å². The fourth-order valence-corrected chi connectivity index (χ4v) is 5.32. The lowest BCUT2D eigenvalue weighted by Gasteiger charge is -2.29. The molecule has 0 radical (unpaired) electrons. The lowest BCUT2D eigenvalue weighted by molar-refractivity contribution is 0.204. The Morgan fingerprint density at radius 3 is 2.57 bits per heavy atom. The highest BCUT2D eigenvalue weighted by molar-refractivity contribution is 5.90. The van der Waals surface area contributed by atoms with Crippen molar-refractivity contribution < 1.29 is 4.79 Å². The second-order valence-corrected chi connectivity index (χ2v) is 9.05. The molecule has 1 aromatic rings. The largest absolute Gasteiger partial charge is 0.370 e. The number of anilines is 2. The molecule has 1 saturated carbocycles. The normalized spacial score (nSPS) is 26.6. The van der Waals surface area contributed by atoms with Gasteiger partial charge in [-0.15, -0.1) is 0 Å². The molecule has 2 heterocycles. The molecule has 0 spiro atoms. The van der Waals surface area contributed by atoms with Crippen LogP contribution >= 0.6 is 0 Å². The summed E-state index contributed by atoms with van der Waals surface area (Å²) in [6.07, 6.45) is 9.92. The van der Waals surface area contributed by atoms with Crippen molar-refractivity contribution in [2.24, 2.45) is 0 Å². The van der Waals surface area contributed by atoms with Gasteiger partial charge < -0.3 is 15.5 Å². The van der Waals surface area contributed by atoms with Crippen LogP contribution in [0.2, 0.25) is 0 Å². The average molecular weight is 385 g/mol. The van der Waals surface area contributed by atoms with E-state index < -0.39 is 0 Å². The van der Waals surface area contributed by atoms with E-state index in [0.29, 0.717) is 12.1 Å². The van der Waals surface area contributed by atoms with Gasteiger partial charge >= 0.3 is 6.03 Å². The molecular weight excluding hydrogens is 348 g/mol. The van der Waals surface area contributed by atoms with Crippen LogP contribution in [-0.2, 0) is 0 Å². The van der Waals surface area contributed by atoms with E-state index in [4.69, 9.17) is 0 Å². The van der Waals surface area contributed by atoms with Crippen molar-refractivity contribution in [2.75, 3.05) is 29.9 Å². The van der Waals surface area contributed by atoms with Gasteiger partial charge in [-0.1, -0.05) is 19.3 Å². The summed E-state index contributed by atoms with van der Waals surface area (Å²) in [5.41, 5.74) is 3.33. The summed E-state index contributed by atoms with van der Waals surface area (Å²) in [5, 5.41) is 6.20. The predicted molar refractivity (Wildman–Crippen MR) is 116 cm³/mol. The Kier molecular flexibility index (Phi) is 6.10. The minimum atomic E-state index is -0.0630. The van der Waals surface area contributed by atoms with Crippen molar-refractivity contribution >= 4 is 17.4 Å². The Labute approximate surface area is 169 Å². The predicted octanol–water partition coefficient (Wildman–Crippen LogP) is 4.51. The fourth-order valence-electron chi connectivity index (χ4n) is 5.32. The van der Waals surface area contributed by atoms with Crippen LogP contribution in [0.1, 0.15) is 63.9 Å². The average Bonchev–Trinajstić information content (AvgIpc) is 3.33. The van der Waals surface area contributed by atoms with E-state index in [0.717, 1.165) is 43.2 Å². The van der Waals surface area contributed by atoms with Gasteiger partial charge in [-0.2, -0.15) is 0 Å². The van der Waals surface area contributed by atoms with Gasteiger partial charge in [0, 0.05) is 42.6 Å². The summed E-state index contributed by atoms with van der Waals surface area (Å²) in [5.74, 6) is 0. The minimum Gasteiger partial charge on any atom is -0.370 e. The van der Waals surface area contributed by atoms with Crippen LogP contribution in [0.15, 0.2) is 18.2 Å². The number of likely N-dealkylation sites (tertiary alicyclic amines) is 1. The number of rotatable bonds is 4. The number of nitrogens with one attached hydrogen (secondary N) is 2. The molecule has 2 unspecified atom stereocenters. The van der Waals surface area contributed by atoms with Gasteiger partial charge in [0.15, 0.2) is 0 Å². The number of urea groups is 1. The third-order valence-electron chi connectivity index (χ3n) is 7.00. The molecular formula is C23H36N4O. The molecule has 154 valence electrons. The Morgan fingerprint density at radius 1 is 1.04 bits per heavy atom. The Hall–Kier alpha value is -1.75. The first-order valence-corrected chi connectivity index (χ1v) is 11.3. The van der Waals surface area contributed by atoms with E-state index in [1.807, 2.05) is 0 Å². The fraction of sp³-hybridized carbons (Fsp3) is 0.696. The third kappa shape index (κ3) is 4.45. The van der Waals surface area contributed by atoms with Gasteiger partial charge in [-0.05, 0) is 76.3 Å². The van der Waals surface area contributed by atoms with E-state index in [-0.39, 0.29) is 6.03 Å². The third-order valence-corrected chi connectivity index (χ3v) is 7.00. The maximum atomic E-state index is 12.4. The second kappa shape index (κ2) is 8.73. The van der Waals surface area contributed by atoms with Crippen LogP contribution in [0.5, 0.6) is 0 Å². The number of carbonyl (C=O) groups is 1. The lowest BCUT2D eigenvalue weighted by Crippen LogP contribution is -2.39. The standard InChI is InChI=1S/C23H36N4O/c1-17-15-20(26-14-12-21(16-26)27-13-6-7-18(27)2)10-11-22(17)25-23(28)24-19-8-4-3-5-9-19/h10-11,15,18-19,21H,3-9,12-14,16H2,1-2H3,(H2,24,25,28). The Bertz CT molecular complexity index is 685. The Morgan fingerprint density at radius 2 is 1.86 bits per heavy atom. The summed E-state index contributed by atoms with van der Waals surface area (Å²) in [4.78, 5) is 17.6. The minimum absolute atomic E-state index is 0.0630. The molecule has 5 heteroatoms. The van der Waals surface area contributed by atoms with Crippen molar-refractivity contribution in [3.63, 3.8) is 0 Å². The van der Waals surface area contributed by atoms with Crippen molar-refractivity contribution in [3.05, 3.63) is 23.8 Å². The van der Waals surface area contributed by atoms with E-state index >= 15 is 0 Å². The highest BCUT2D eigenvalue weighted by atomic mass is 16.2. The molecule has 2 N–H and O–H groups in total. The highest BCUT2D eigenvalue weighted by Crippen LogP contribution is 2.30. The summed E-state index contributed by atoms with van der Waals surface area (Å²) < 4.78 is 0. The number of amides is 2. The van der Waals surface area contributed by atoms with Gasteiger partial charge in [0.25, 0.3) is 0 Å². The molecule has 3 fully saturated rings. The quantitative estimate of drug-likeness (QED) is 0.803.